The second kappa shape index (κ2) is 6.85. The molecule has 16 heavy (non-hydrogen) atoms. The molecule has 0 heterocycles. The molecule has 1 unspecified atom stereocenters. The molecule has 1 N–H and O–H groups in total. The van der Waals surface area contributed by atoms with Crippen molar-refractivity contribution in [1.82, 2.24) is 5.48 Å². The smallest absolute Gasteiger partial charge is 0.284 e. The van der Waals surface area contributed by atoms with Gasteiger partial charge in [-0.25, -0.2) is 5.48 Å². The standard InChI is InChI=1S/C12H17NO3/c1-3-11(12(14)13-15-4-2)16-10-8-6-5-7-9-10/h5-9,11H,3-4H2,1-2H3,(H,13,14). The Morgan fingerprint density at radius 2 is 2.00 bits per heavy atom. The first kappa shape index (κ1) is 12.5. The van der Waals surface area contributed by atoms with Gasteiger partial charge in [-0.15, -0.1) is 0 Å². The van der Waals surface area contributed by atoms with Gasteiger partial charge in [-0.3, -0.25) is 9.63 Å². The number of carbonyl (C=O) groups is 1. The van der Waals surface area contributed by atoms with Gasteiger partial charge < -0.3 is 4.74 Å². The molecule has 0 bridgehead atoms. The van der Waals surface area contributed by atoms with Crippen molar-refractivity contribution in [3.05, 3.63) is 30.3 Å². The van der Waals surface area contributed by atoms with Gasteiger partial charge in [0.25, 0.3) is 5.91 Å². The van der Waals surface area contributed by atoms with Crippen molar-refractivity contribution >= 4 is 5.91 Å². The SMILES string of the molecule is CCONC(=O)C(CC)Oc1ccccc1. The van der Waals surface area contributed by atoms with E-state index in [4.69, 9.17) is 9.57 Å². The van der Waals surface area contributed by atoms with E-state index in [1.54, 1.807) is 6.92 Å². The summed E-state index contributed by atoms with van der Waals surface area (Å²) >= 11 is 0. The Balaban J connectivity index is 2.52. The first-order valence-corrected chi connectivity index (χ1v) is 5.41. The number of rotatable bonds is 6. The molecule has 0 fully saturated rings. The van der Waals surface area contributed by atoms with E-state index in [2.05, 4.69) is 5.48 Å². The summed E-state index contributed by atoms with van der Waals surface area (Å²) in [5.41, 5.74) is 2.34. The summed E-state index contributed by atoms with van der Waals surface area (Å²) in [5.74, 6) is 0.425. The Hall–Kier alpha value is -1.55. The topological polar surface area (TPSA) is 47.6 Å². The largest absolute Gasteiger partial charge is 0.481 e. The number of hydrogen-bond acceptors (Lipinski definition) is 3. The van der Waals surface area contributed by atoms with Gasteiger partial charge in [-0.05, 0) is 25.5 Å². The molecule has 0 aliphatic carbocycles. The van der Waals surface area contributed by atoms with Crippen LogP contribution in [-0.2, 0) is 9.63 Å². The molecule has 0 radical (unpaired) electrons. The number of ether oxygens (including phenoxy) is 1. The molecule has 1 amide bonds. The second-order valence-corrected chi connectivity index (χ2v) is 3.23. The maximum atomic E-state index is 11.6. The fourth-order valence-corrected chi connectivity index (χ4v) is 1.19. The number of hydroxylamine groups is 1. The number of benzene rings is 1. The van der Waals surface area contributed by atoms with Crippen molar-refractivity contribution in [3.8, 4) is 5.75 Å². The van der Waals surface area contributed by atoms with Crippen molar-refractivity contribution in [1.29, 1.82) is 0 Å². The molecule has 0 saturated carbocycles. The Labute approximate surface area is 95.5 Å². The third-order valence-corrected chi connectivity index (χ3v) is 2.00. The fraction of sp³-hybridized carbons (Fsp3) is 0.417. The Morgan fingerprint density at radius 3 is 2.56 bits per heavy atom. The van der Waals surface area contributed by atoms with Crippen LogP contribution in [0.4, 0.5) is 0 Å². The number of nitrogens with one attached hydrogen (secondary N) is 1. The normalized spacial score (nSPS) is 11.9. The van der Waals surface area contributed by atoms with Gasteiger partial charge in [0.05, 0.1) is 6.61 Å². The van der Waals surface area contributed by atoms with Crippen molar-refractivity contribution in [2.24, 2.45) is 0 Å². The maximum Gasteiger partial charge on any atom is 0.284 e. The highest BCUT2D eigenvalue weighted by atomic mass is 16.7. The summed E-state index contributed by atoms with van der Waals surface area (Å²) in [4.78, 5) is 16.4. The van der Waals surface area contributed by atoms with Crippen molar-refractivity contribution in [2.45, 2.75) is 26.4 Å². The molecule has 0 aliphatic heterocycles. The van der Waals surface area contributed by atoms with Crippen LogP contribution >= 0.6 is 0 Å². The van der Waals surface area contributed by atoms with Gasteiger partial charge in [-0.2, -0.15) is 0 Å². The van der Waals surface area contributed by atoms with E-state index in [1.165, 1.54) is 0 Å². The minimum Gasteiger partial charge on any atom is -0.481 e. The van der Waals surface area contributed by atoms with Crippen molar-refractivity contribution < 1.29 is 14.4 Å². The van der Waals surface area contributed by atoms with Crippen LogP contribution in [0.3, 0.4) is 0 Å². The second-order valence-electron chi connectivity index (χ2n) is 3.23. The van der Waals surface area contributed by atoms with Crippen LogP contribution in [0.5, 0.6) is 5.75 Å². The first-order chi connectivity index (χ1) is 7.77. The predicted molar refractivity (Wildman–Crippen MR) is 60.9 cm³/mol. The van der Waals surface area contributed by atoms with E-state index in [0.717, 1.165) is 0 Å². The number of para-hydroxylation sites is 1. The molecule has 0 spiro atoms. The van der Waals surface area contributed by atoms with Gasteiger partial charge in [0, 0.05) is 0 Å². The Morgan fingerprint density at radius 1 is 1.31 bits per heavy atom. The zero-order valence-electron chi connectivity index (χ0n) is 9.60. The summed E-state index contributed by atoms with van der Waals surface area (Å²) in [7, 11) is 0. The lowest BCUT2D eigenvalue weighted by atomic mass is 10.2. The third-order valence-electron chi connectivity index (χ3n) is 2.00. The van der Waals surface area contributed by atoms with E-state index in [1.807, 2.05) is 37.3 Å². The molecule has 1 rings (SSSR count). The van der Waals surface area contributed by atoms with Crippen LogP contribution in [0.2, 0.25) is 0 Å². The van der Waals surface area contributed by atoms with Gasteiger partial charge in [0.2, 0.25) is 0 Å². The summed E-state index contributed by atoms with van der Waals surface area (Å²) in [6.07, 6.45) is 0.0716. The lowest BCUT2D eigenvalue weighted by Gasteiger charge is -2.16. The third kappa shape index (κ3) is 3.90. The lowest BCUT2D eigenvalue weighted by Crippen LogP contribution is -2.37. The van der Waals surface area contributed by atoms with E-state index in [0.29, 0.717) is 18.8 Å². The molecule has 88 valence electrons. The summed E-state index contributed by atoms with van der Waals surface area (Å²) < 4.78 is 5.53. The van der Waals surface area contributed by atoms with Crippen LogP contribution in [-0.4, -0.2) is 18.6 Å². The van der Waals surface area contributed by atoms with Gasteiger partial charge in [0.15, 0.2) is 6.10 Å². The summed E-state index contributed by atoms with van der Waals surface area (Å²) in [5, 5.41) is 0. The number of hydrogen-bond donors (Lipinski definition) is 1. The summed E-state index contributed by atoms with van der Waals surface area (Å²) in [6.45, 7) is 4.13. The molecule has 0 aromatic heterocycles. The minimum atomic E-state index is -0.519. The fourth-order valence-electron chi connectivity index (χ4n) is 1.19. The molecular formula is C12H17NO3. The highest BCUT2D eigenvalue weighted by Crippen LogP contribution is 2.12. The number of amides is 1. The highest BCUT2D eigenvalue weighted by Gasteiger charge is 2.17. The first-order valence-electron chi connectivity index (χ1n) is 5.41. The van der Waals surface area contributed by atoms with Crippen LogP contribution < -0.4 is 10.2 Å². The van der Waals surface area contributed by atoms with E-state index in [-0.39, 0.29) is 5.91 Å². The zero-order chi connectivity index (χ0) is 11.8. The molecule has 0 saturated heterocycles. The van der Waals surface area contributed by atoms with Gasteiger partial charge in [-0.1, -0.05) is 25.1 Å². The van der Waals surface area contributed by atoms with E-state index < -0.39 is 6.10 Å². The molecular weight excluding hydrogens is 206 g/mol. The lowest BCUT2D eigenvalue weighted by molar-refractivity contribution is -0.140. The average molecular weight is 223 g/mol. The maximum absolute atomic E-state index is 11.6. The van der Waals surface area contributed by atoms with E-state index >= 15 is 0 Å². The molecule has 4 heteroatoms. The molecule has 4 nitrogen and oxygen atoms in total. The Bertz CT molecular complexity index is 313. The van der Waals surface area contributed by atoms with Crippen LogP contribution in [0.15, 0.2) is 30.3 Å². The van der Waals surface area contributed by atoms with Crippen LogP contribution in [0.25, 0.3) is 0 Å². The molecule has 1 atom stereocenters. The van der Waals surface area contributed by atoms with Gasteiger partial charge >= 0.3 is 0 Å². The Kier molecular flexibility index (Phi) is 5.36. The predicted octanol–water partition coefficient (Wildman–Crippen LogP) is 1.91. The monoisotopic (exact) mass is 223 g/mol. The molecule has 0 aliphatic rings. The quantitative estimate of drug-likeness (QED) is 0.749. The van der Waals surface area contributed by atoms with Crippen molar-refractivity contribution in [3.63, 3.8) is 0 Å². The zero-order valence-corrected chi connectivity index (χ0v) is 9.60. The number of carbonyl (C=O) groups excluding carboxylic acids is 1. The van der Waals surface area contributed by atoms with Crippen molar-refractivity contribution in [2.75, 3.05) is 6.61 Å². The van der Waals surface area contributed by atoms with Crippen LogP contribution in [0.1, 0.15) is 20.3 Å². The molecule has 1 aromatic rings. The molecule has 1 aromatic carbocycles. The highest BCUT2D eigenvalue weighted by molar-refractivity contribution is 5.80. The minimum absolute atomic E-state index is 0.256. The van der Waals surface area contributed by atoms with Crippen LogP contribution in [0, 0.1) is 0 Å². The van der Waals surface area contributed by atoms with Gasteiger partial charge in [0.1, 0.15) is 5.75 Å². The van der Waals surface area contributed by atoms with E-state index in [9.17, 15) is 4.79 Å². The average Bonchev–Trinajstić information content (AvgIpc) is 2.34. The summed E-state index contributed by atoms with van der Waals surface area (Å²) in [6, 6.07) is 9.26.